The highest BCUT2D eigenvalue weighted by Gasteiger charge is 1.80. The van der Waals surface area contributed by atoms with Gasteiger partial charge in [-0.3, -0.25) is 0 Å². The van der Waals surface area contributed by atoms with E-state index in [9.17, 15) is 0 Å². The molecule has 0 nitrogen and oxygen atoms in total. The van der Waals surface area contributed by atoms with Crippen molar-refractivity contribution in [3.05, 3.63) is 0 Å². The van der Waals surface area contributed by atoms with Gasteiger partial charge in [-0.15, -0.1) is 0 Å². The summed E-state index contributed by atoms with van der Waals surface area (Å²) in [4.78, 5) is 0. The fourth-order valence-electron chi connectivity index (χ4n) is 0.677. The van der Waals surface area contributed by atoms with Gasteiger partial charge >= 0.3 is 0 Å². The highest BCUT2D eigenvalue weighted by Crippen LogP contribution is 2.00. The lowest BCUT2D eigenvalue weighted by molar-refractivity contribution is 0.656. The number of hydrogen-bond donors (Lipinski definition) is 0. The molecule has 0 atom stereocenters. The predicted octanol–water partition coefficient (Wildman–Crippen LogP) is 2.71. The summed E-state index contributed by atoms with van der Waals surface area (Å²) in [5.41, 5.74) is 0. The van der Waals surface area contributed by atoms with Crippen LogP contribution in [0.15, 0.2) is 0 Å². The van der Waals surface area contributed by atoms with Crippen LogP contribution in [0.2, 0.25) is 0 Å². The minimum atomic E-state index is 0. The first-order chi connectivity index (χ1) is 3.41. The molecule has 0 spiro atoms. The van der Waals surface area contributed by atoms with Gasteiger partial charge in [0, 0.05) is 0 Å². The van der Waals surface area contributed by atoms with Gasteiger partial charge in [-0.25, -0.2) is 0 Å². The molecule has 52 valence electrons. The second kappa shape index (κ2) is 10.4. The molecule has 0 aliphatic rings. The van der Waals surface area contributed by atoms with Crippen LogP contribution in [0, 0.1) is 0 Å². The van der Waals surface area contributed by atoms with Gasteiger partial charge in [0.05, 0.1) is 0 Å². The van der Waals surface area contributed by atoms with E-state index < -0.39 is 0 Å². The van der Waals surface area contributed by atoms with E-state index in [4.69, 9.17) is 0 Å². The smallest absolute Gasteiger partial charge is 0.0533 e. The van der Waals surface area contributed by atoms with Gasteiger partial charge in [0.2, 0.25) is 0 Å². The molecule has 0 bridgehead atoms. The SMILES string of the molecule is CCCCCCC.[SH-]. The maximum atomic E-state index is 2.25. The molecule has 0 aliphatic carbocycles. The lowest BCUT2D eigenvalue weighted by Gasteiger charge is -1.90. The Kier molecular flexibility index (Phi) is 14.5. The zero-order valence-electron chi connectivity index (χ0n) is 5.98. The second-order valence-corrected chi connectivity index (χ2v) is 2.06. The van der Waals surface area contributed by atoms with Crippen molar-refractivity contribution in [1.82, 2.24) is 0 Å². The molecule has 0 amide bonds. The summed E-state index contributed by atoms with van der Waals surface area (Å²) in [5.74, 6) is 0. The van der Waals surface area contributed by atoms with E-state index in [1.165, 1.54) is 32.1 Å². The first-order valence-electron chi connectivity index (χ1n) is 3.41. The first kappa shape index (κ1) is 11.2. The highest BCUT2D eigenvalue weighted by atomic mass is 32.1. The highest BCUT2D eigenvalue weighted by molar-refractivity contribution is 7.37. The van der Waals surface area contributed by atoms with Crippen molar-refractivity contribution in [2.75, 3.05) is 0 Å². The normalized spacial score (nSPS) is 8.25. The quantitative estimate of drug-likeness (QED) is 0.323. The number of rotatable bonds is 4. The largest absolute Gasteiger partial charge is 0.813 e. The fourth-order valence-corrected chi connectivity index (χ4v) is 0.677. The Morgan fingerprint density at radius 1 is 0.750 bits per heavy atom. The zero-order chi connectivity index (χ0) is 5.54. The first-order valence-corrected chi connectivity index (χ1v) is 3.41. The van der Waals surface area contributed by atoms with Gasteiger partial charge < -0.3 is 13.5 Å². The van der Waals surface area contributed by atoms with E-state index in [1.807, 2.05) is 0 Å². The van der Waals surface area contributed by atoms with Crippen molar-refractivity contribution in [3.63, 3.8) is 0 Å². The summed E-state index contributed by atoms with van der Waals surface area (Å²) in [6.45, 7) is 4.49. The minimum Gasteiger partial charge on any atom is -0.813 e. The topological polar surface area (TPSA) is 0 Å². The van der Waals surface area contributed by atoms with Crippen LogP contribution in [0.5, 0.6) is 0 Å². The molecule has 1 heteroatoms. The van der Waals surface area contributed by atoms with Crippen LogP contribution >= 0.6 is 0 Å². The maximum absolute atomic E-state index is 2.25. The Morgan fingerprint density at radius 3 is 1.38 bits per heavy atom. The molecule has 0 unspecified atom stereocenters. The van der Waals surface area contributed by atoms with Crippen LogP contribution in [0.1, 0.15) is 46.0 Å². The average Bonchev–Trinajstić information content (AvgIpc) is 1.69. The van der Waals surface area contributed by atoms with Crippen molar-refractivity contribution >= 4 is 13.5 Å². The van der Waals surface area contributed by atoms with Gasteiger partial charge in [0.25, 0.3) is 0 Å². The van der Waals surface area contributed by atoms with Crippen molar-refractivity contribution < 1.29 is 0 Å². The summed E-state index contributed by atoms with van der Waals surface area (Å²) in [6, 6.07) is 0. The Labute approximate surface area is 60.1 Å². The molecule has 8 heavy (non-hydrogen) atoms. The fraction of sp³-hybridized carbons (Fsp3) is 1.00. The molecule has 0 saturated heterocycles. The summed E-state index contributed by atoms with van der Waals surface area (Å²) in [6.07, 6.45) is 7.01. The van der Waals surface area contributed by atoms with E-state index in [1.54, 1.807) is 0 Å². The molecule has 0 rings (SSSR count). The van der Waals surface area contributed by atoms with E-state index in [0.29, 0.717) is 0 Å². The van der Waals surface area contributed by atoms with Crippen LogP contribution in [0.4, 0.5) is 0 Å². The van der Waals surface area contributed by atoms with Gasteiger partial charge in [-0.1, -0.05) is 46.0 Å². The van der Waals surface area contributed by atoms with E-state index in [-0.39, 0.29) is 13.5 Å². The minimum absolute atomic E-state index is 0. The summed E-state index contributed by atoms with van der Waals surface area (Å²) in [5, 5.41) is 0. The molecule has 0 radical (unpaired) electrons. The third-order valence-electron chi connectivity index (χ3n) is 1.21. The molecule has 0 aromatic carbocycles. The van der Waals surface area contributed by atoms with Crippen LogP contribution in [-0.4, -0.2) is 0 Å². The van der Waals surface area contributed by atoms with Gasteiger partial charge in [0.1, 0.15) is 0 Å². The zero-order valence-corrected chi connectivity index (χ0v) is 6.88. The van der Waals surface area contributed by atoms with Crippen molar-refractivity contribution in [1.29, 1.82) is 0 Å². The third kappa shape index (κ3) is 9.61. The van der Waals surface area contributed by atoms with E-state index >= 15 is 0 Å². The van der Waals surface area contributed by atoms with E-state index in [2.05, 4.69) is 13.8 Å². The van der Waals surface area contributed by atoms with Crippen LogP contribution in [-0.2, 0) is 13.5 Å². The Balaban J connectivity index is 0. The summed E-state index contributed by atoms with van der Waals surface area (Å²) < 4.78 is 0. The average molecular weight is 133 g/mol. The lowest BCUT2D eigenvalue weighted by Crippen LogP contribution is -1.70. The van der Waals surface area contributed by atoms with Crippen molar-refractivity contribution in [2.24, 2.45) is 0 Å². The molecule has 0 aromatic rings. The number of thiol groups is 1. The van der Waals surface area contributed by atoms with Crippen LogP contribution < -0.4 is 0 Å². The molecular formula is C7H17S-. The van der Waals surface area contributed by atoms with E-state index in [0.717, 1.165) is 0 Å². The van der Waals surface area contributed by atoms with Crippen molar-refractivity contribution in [2.45, 2.75) is 46.0 Å². The molecular weight excluding hydrogens is 116 g/mol. The van der Waals surface area contributed by atoms with Gasteiger partial charge in [0.15, 0.2) is 0 Å². The van der Waals surface area contributed by atoms with Crippen LogP contribution in [0.3, 0.4) is 0 Å². The molecule has 0 heterocycles. The number of hydrogen-bond acceptors (Lipinski definition) is 1. The Bertz CT molecular complexity index is 23.6. The van der Waals surface area contributed by atoms with Crippen molar-refractivity contribution in [3.8, 4) is 0 Å². The Hall–Kier alpha value is 0.350. The standard InChI is InChI=1S/C7H16.H2S/c1-3-5-7-6-4-2;/h3-7H2,1-2H3;1H2/p-1. The molecule has 0 aromatic heterocycles. The third-order valence-corrected chi connectivity index (χ3v) is 1.21. The summed E-state index contributed by atoms with van der Waals surface area (Å²) in [7, 11) is 0. The van der Waals surface area contributed by atoms with Crippen LogP contribution in [0.25, 0.3) is 0 Å². The second-order valence-electron chi connectivity index (χ2n) is 2.06. The molecule has 0 saturated carbocycles. The molecule has 0 fully saturated rings. The summed E-state index contributed by atoms with van der Waals surface area (Å²) >= 11 is 0. The molecule has 0 aliphatic heterocycles. The predicted molar refractivity (Wildman–Crippen MR) is 43.2 cm³/mol. The molecule has 0 N–H and O–H groups in total. The van der Waals surface area contributed by atoms with Gasteiger partial charge in [-0.2, -0.15) is 0 Å². The lowest BCUT2D eigenvalue weighted by atomic mass is 10.2. The maximum Gasteiger partial charge on any atom is -0.0533 e. The monoisotopic (exact) mass is 133 g/mol. The Morgan fingerprint density at radius 2 is 1.12 bits per heavy atom. The van der Waals surface area contributed by atoms with Gasteiger partial charge in [-0.05, 0) is 0 Å². The number of unbranched alkanes of at least 4 members (excludes halogenated alkanes) is 4.